The fourth-order valence-electron chi connectivity index (χ4n) is 10.5. The second-order valence-electron chi connectivity index (χ2n) is 22.8. The lowest BCUT2D eigenvalue weighted by Gasteiger charge is -2.20. The van der Waals surface area contributed by atoms with Crippen molar-refractivity contribution in [1.29, 1.82) is 0 Å². The van der Waals surface area contributed by atoms with Gasteiger partial charge in [0.05, 0.1) is 25.4 Å². The van der Waals surface area contributed by atoms with E-state index in [9.17, 15) is 19.8 Å². The van der Waals surface area contributed by atoms with Crippen molar-refractivity contribution in [2.75, 3.05) is 13.2 Å². The van der Waals surface area contributed by atoms with Crippen molar-refractivity contribution in [3.8, 4) is 0 Å². The van der Waals surface area contributed by atoms with Crippen LogP contribution in [0, 0.1) is 0 Å². The number of carbonyl (C=O) groups is 2. The van der Waals surface area contributed by atoms with Crippen LogP contribution in [-0.4, -0.2) is 47.4 Å². The number of hydrogen-bond donors (Lipinski definition) is 3. The van der Waals surface area contributed by atoms with Gasteiger partial charge in [0.25, 0.3) is 0 Å². The van der Waals surface area contributed by atoms with Crippen LogP contribution in [0.2, 0.25) is 0 Å². The van der Waals surface area contributed by atoms with Crippen molar-refractivity contribution >= 4 is 11.9 Å². The molecule has 0 rings (SSSR count). The third-order valence-electron chi connectivity index (χ3n) is 15.6. The van der Waals surface area contributed by atoms with Gasteiger partial charge in [-0.1, -0.05) is 341 Å². The first-order chi connectivity index (χ1) is 35.5. The number of rotatable bonds is 62. The summed E-state index contributed by atoms with van der Waals surface area (Å²) in [6, 6.07) is -0.622. The number of aliphatic hydroxyl groups excluding tert-OH is 2. The van der Waals surface area contributed by atoms with Crippen molar-refractivity contribution < 1.29 is 24.5 Å². The summed E-state index contributed by atoms with van der Waals surface area (Å²) < 4.78 is 5.49. The minimum atomic E-state index is -0.839. The molecule has 3 N–H and O–H groups in total. The number of amides is 1. The van der Waals surface area contributed by atoms with Crippen LogP contribution in [0.5, 0.6) is 0 Å². The van der Waals surface area contributed by atoms with Crippen LogP contribution in [0.4, 0.5) is 0 Å². The molecule has 0 fully saturated rings. The third kappa shape index (κ3) is 57.9. The molecule has 1 amide bonds. The molecule has 0 radical (unpaired) electrons. The molecular weight excluding hydrogens is 887 g/mol. The van der Waals surface area contributed by atoms with Crippen molar-refractivity contribution in [3.63, 3.8) is 0 Å². The molecule has 6 heteroatoms. The van der Waals surface area contributed by atoms with E-state index in [4.69, 9.17) is 4.74 Å². The monoisotopic (exact) mass is 1020 g/mol. The number of unbranched alkanes of at least 4 members (excludes halogenated alkanes) is 51. The minimum Gasteiger partial charge on any atom is -0.466 e. The first kappa shape index (κ1) is 70.6. The Morgan fingerprint density at radius 2 is 0.639 bits per heavy atom. The lowest BCUT2D eigenvalue weighted by molar-refractivity contribution is -0.143. The normalized spacial score (nSPS) is 12.6. The SMILES string of the molecule is CCCCCCCCCCC/C=C/C(O)C(CO)NC(=O)CCCCCCCCCCCCCCCCCCCCCCCCCCCCCCCCCOC(=O)CCCCCCCCCCCCCCC. The molecule has 0 aromatic rings. The second-order valence-corrected chi connectivity index (χ2v) is 22.8. The molecule has 2 unspecified atom stereocenters. The average molecular weight is 1020 g/mol. The Kier molecular flexibility index (Phi) is 60.9. The molecule has 0 aliphatic heterocycles. The van der Waals surface area contributed by atoms with E-state index >= 15 is 0 Å². The van der Waals surface area contributed by atoms with Crippen LogP contribution >= 0.6 is 0 Å². The number of allylic oxidation sites excluding steroid dienone is 1. The van der Waals surface area contributed by atoms with Crippen LogP contribution in [0.25, 0.3) is 0 Å². The summed E-state index contributed by atoms with van der Waals surface area (Å²) in [7, 11) is 0. The smallest absolute Gasteiger partial charge is 0.305 e. The van der Waals surface area contributed by atoms with Gasteiger partial charge in [0.2, 0.25) is 5.91 Å². The molecule has 0 heterocycles. The fraction of sp³-hybridized carbons (Fsp3) is 0.939. The zero-order valence-corrected chi connectivity index (χ0v) is 48.9. The fourth-order valence-corrected chi connectivity index (χ4v) is 10.5. The van der Waals surface area contributed by atoms with Crippen LogP contribution < -0.4 is 5.32 Å². The van der Waals surface area contributed by atoms with Gasteiger partial charge in [-0.3, -0.25) is 9.59 Å². The van der Waals surface area contributed by atoms with Crippen molar-refractivity contribution in [1.82, 2.24) is 5.32 Å². The topological polar surface area (TPSA) is 95.9 Å². The maximum absolute atomic E-state index is 12.4. The zero-order valence-electron chi connectivity index (χ0n) is 48.9. The summed E-state index contributed by atoms with van der Waals surface area (Å²) in [5.74, 6) is -0.0408. The molecule has 0 bridgehead atoms. The van der Waals surface area contributed by atoms with Gasteiger partial charge < -0.3 is 20.3 Å². The van der Waals surface area contributed by atoms with Gasteiger partial charge >= 0.3 is 5.97 Å². The third-order valence-corrected chi connectivity index (χ3v) is 15.6. The Labute approximate surface area is 450 Å². The van der Waals surface area contributed by atoms with E-state index in [1.54, 1.807) is 6.08 Å². The Balaban J connectivity index is 3.31. The summed E-state index contributed by atoms with van der Waals surface area (Å²) in [5, 5.41) is 23.0. The quantitative estimate of drug-likeness (QED) is 0.0320. The zero-order chi connectivity index (χ0) is 52.2. The lowest BCUT2D eigenvalue weighted by atomic mass is 10.0. The van der Waals surface area contributed by atoms with Gasteiger partial charge in [-0.25, -0.2) is 0 Å². The number of nitrogens with one attached hydrogen (secondary N) is 1. The molecule has 0 spiro atoms. The highest BCUT2D eigenvalue weighted by Gasteiger charge is 2.18. The van der Waals surface area contributed by atoms with Gasteiger partial charge in [-0.15, -0.1) is 0 Å². The summed E-state index contributed by atoms with van der Waals surface area (Å²) in [6.07, 6.45) is 75.7. The van der Waals surface area contributed by atoms with Gasteiger partial charge in [-0.05, 0) is 32.1 Å². The van der Waals surface area contributed by atoms with Crippen LogP contribution in [0.15, 0.2) is 12.2 Å². The molecule has 0 saturated carbocycles. The Bertz CT molecular complexity index is 1080. The molecule has 72 heavy (non-hydrogen) atoms. The highest BCUT2D eigenvalue weighted by atomic mass is 16.5. The van der Waals surface area contributed by atoms with Crippen molar-refractivity contribution in [3.05, 3.63) is 12.2 Å². The molecule has 0 aliphatic rings. The van der Waals surface area contributed by atoms with Gasteiger partial charge in [0.1, 0.15) is 0 Å². The predicted molar refractivity (Wildman–Crippen MR) is 315 cm³/mol. The van der Waals surface area contributed by atoms with E-state index in [2.05, 4.69) is 19.2 Å². The molecule has 0 aliphatic carbocycles. The van der Waals surface area contributed by atoms with E-state index < -0.39 is 12.1 Å². The molecule has 0 aromatic heterocycles. The van der Waals surface area contributed by atoms with Gasteiger partial charge in [0.15, 0.2) is 0 Å². The van der Waals surface area contributed by atoms with E-state index in [1.807, 2.05) is 6.08 Å². The molecule has 6 nitrogen and oxygen atoms in total. The molecule has 2 atom stereocenters. The van der Waals surface area contributed by atoms with E-state index in [0.29, 0.717) is 19.4 Å². The van der Waals surface area contributed by atoms with Crippen molar-refractivity contribution in [2.45, 2.75) is 386 Å². The van der Waals surface area contributed by atoms with Crippen LogP contribution in [0.1, 0.15) is 373 Å². The van der Waals surface area contributed by atoms with E-state index in [1.165, 1.54) is 308 Å². The first-order valence-corrected chi connectivity index (χ1v) is 33.0. The van der Waals surface area contributed by atoms with E-state index in [-0.39, 0.29) is 18.5 Å². The number of esters is 1. The van der Waals surface area contributed by atoms with E-state index in [0.717, 1.165) is 38.5 Å². The summed E-state index contributed by atoms with van der Waals surface area (Å²) in [4.78, 5) is 24.5. The average Bonchev–Trinajstić information content (AvgIpc) is 3.38. The minimum absolute atomic E-state index is 0.0225. The van der Waals surface area contributed by atoms with Crippen LogP contribution in [0.3, 0.4) is 0 Å². The second kappa shape index (κ2) is 62.1. The van der Waals surface area contributed by atoms with Gasteiger partial charge in [0, 0.05) is 12.8 Å². The Morgan fingerprint density at radius 3 is 0.944 bits per heavy atom. The molecule has 428 valence electrons. The number of aliphatic hydroxyl groups is 2. The van der Waals surface area contributed by atoms with Crippen molar-refractivity contribution in [2.24, 2.45) is 0 Å². The Morgan fingerprint density at radius 1 is 0.375 bits per heavy atom. The largest absolute Gasteiger partial charge is 0.466 e. The highest BCUT2D eigenvalue weighted by molar-refractivity contribution is 5.76. The summed E-state index contributed by atoms with van der Waals surface area (Å²) in [6.45, 7) is 4.92. The standard InChI is InChI=1S/C66H129NO5/c1-3-5-7-9-11-13-15-35-40-44-48-52-56-60-66(71)72-61-57-53-49-45-41-37-34-32-30-28-26-24-22-20-18-16-17-19-21-23-25-27-29-31-33-36-39-43-47-51-55-59-65(70)67-63(62-68)64(69)58-54-50-46-42-38-14-12-10-8-6-4-2/h54,58,63-64,68-69H,3-53,55-57,59-62H2,1-2H3,(H,67,70)/b58-54+. The Hall–Kier alpha value is -1.40. The highest BCUT2D eigenvalue weighted by Crippen LogP contribution is 2.19. The molecule has 0 aromatic carbocycles. The summed E-state index contributed by atoms with van der Waals surface area (Å²) in [5.41, 5.74) is 0. The first-order valence-electron chi connectivity index (χ1n) is 33.0. The molecular formula is C66H129NO5. The maximum Gasteiger partial charge on any atom is 0.305 e. The summed E-state index contributed by atoms with van der Waals surface area (Å²) >= 11 is 0. The lowest BCUT2D eigenvalue weighted by Crippen LogP contribution is -2.45. The maximum atomic E-state index is 12.4. The number of hydrogen-bond acceptors (Lipinski definition) is 5. The number of ether oxygens (including phenoxy) is 1. The molecule has 0 saturated heterocycles. The van der Waals surface area contributed by atoms with Crippen LogP contribution in [-0.2, 0) is 14.3 Å². The van der Waals surface area contributed by atoms with Gasteiger partial charge in [-0.2, -0.15) is 0 Å². The predicted octanol–water partition coefficient (Wildman–Crippen LogP) is 20.8. The number of carbonyl (C=O) groups excluding carboxylic acids is 2.